The second kappa shape index (κ2) is 10.9. The van der Waals surface area contributed by atoms with E-state index < -0.39 is 23.7 Å². The van der Waals surface area contributed by atoms with E-state index in [9.17, 15) is 18.0 Å². The number of rotatable bonds is 6. The third-order valence-electron chi connectivity index (χ3n) is 3.92. The highest BCUT2D eigenvalue weighted by Crippen LogP contribution is 2.36. The molecule has 2 fully saturated rings. The van der Waals surface area contributed by atoms with Gasteiger partial charge in [0.15, 0.2) is 11.5 Å². The van der Waals surface area contributed by atoms with E-state index in [0.717, 1.165) is 39.3 Å². The molecule has 30 heavy (non-hydrogen) atoms. The molecule has 1 aliphatic heterocycles. The highest BCUT2D eigenvalue weighted by atomic mass is 19.4. The molecule has 0 aromatic heterocycles. The van der Waals surface area contributed by atoms with Gasteiger partial charge in [-0.2, -0.15) is 0 Å². The predicted octanol–water partition coefficient (Wildman–Crippen LogP) is 4.29. The van der Waals surface area contributed by atoms with Gasteiger partial charge in [-0.3, -0.25) is 4.79 Å². The average Bonchev–Trinajstić information content (AvgIpc) is 3.44. The quantitative estimate of drug-likeness (QED) is 0.623. The maximum absolute atomic E-state index is 12.6. The summed E-state index contributed by atoms with van der Waals surface area (Å²) < 4.78 is 62.2. The molecule has 6 nitrogen and oxygen atoms in total. The topological polar surface area (TPSA) is 63.2 Å². The fourth-order valence-corrected chi connectivity index (χ4v) is 2.46. The zero-order valence-electron chi connectivity index (χ0n) is 17.5. The highest BCUT2D eigenvalue weighted by Gasteiger charge is 2.33. The summed E-state index contributed by atoms with van der Waals surface area (Å²) >= 11 is 0. The van der Waals surface area contributed by atoms with Gasteiger partial charge in [-0.1, -0.05) is 6.07 Å². The molecular formula is C21H29F3O6. The maximum atomic E-state index is 12.6. The van der Waals surface area contributed by atoms with Crippen molar-refractivity contribution in [3.8, 4) is 11.5 Å². The van der Waals surface area contributed by atoms with Gasteiger partial charge in [0.1, 0.15) is 5.60 Å². The molecule has 0 spiro atoms. The van der Waals surface area contributed by atoms with Gasteiger partial charge in [-0.25, -0.2) is 0 Å². The van der Waals surface area contributed by atoms with Crippen LogP contribution in [0.25, 0.3) is 0 Å². The first kappa shape index (κ1) is 24.3. The summed E-state index contributed by atoms with van der Waals surface area (Å²) in [6.07, 6.45) is -2.94. The molecule has 2 aliphatic rings. The largest absolute Gasteiger partial charge is 0.573 e. The molecule has 1 aromatic rings. The minimum Gasteiger partial charge on any atom is -0.489 e. The van der Waals surface area contributed by atoms with Crippen molar-refractivity contribution in [1.29, 1.82) is 0 Å². The van der Waals surface area contributed by atoms with Crippen molar-refractivity contribution < 1.29 is 41.7 Å². The summed E-state index contributed by atoms with van der Waals surface area (Å²) in [6.45, 7) is 8.63. The molecule has 0 radical (unpaired) electrons. The summed E-state index contributed by atoms with van der Waals surface area (Å²) in [5, 5.41) is 0. The van der Waals surface area contributed by atoms with E-state index in [2.05, 4.69) is 4.74 Å². The molecular weight excluding hydrogens is 405 g/mol. The number of hydrogen-bond donors (Lipinski definition) is 0. The van der Waals surface area contributed by atoms with Gasteiger partial charge in [-0.15, -0.1) is 13.2 Å². The Labute approximate surface area is 174 Å². The molecule has 9 heteroatoms. The SMILES string of the molecule is C1COCCO1.CC(C)(C)OC(=O)Cc1ccc(OCC2CC2)c(OC(F)(F)F)c1. The number of esters is 1. The van der Waals surface area contributed by atoms with E-state index in [-0.39, 0.29) is 12.2 Å². The fraction of sp³-hybridized carbons (Fsp3) is 0.667. The van der Waals surface area contributed by atoms with Gasteiger partial charge in [0, 0.05) is 0 Å². The number of benzene rings is 1. The van der Waals surface area contributed by atoms with Crippen molar-refractivity contribution in [3.63, 3.8) is 0 Å². The molecule has 1 aromatic carbocycles. The number of ether oxygens (including phenoxy) is 5. The van der Waals surface area contributed by atoms with Crippen molar-refractivity contribution in [2.24, 2.45) is 5.92 Å². The van der Waals surface area contributed by atoms with Gasteiger partial charge < -0.3 is 23.7 Å². The van der Waals surface area contributed by atoms with Crippen LogP contribution in [0.15, 0.2) is 18.2 Å². The van der Waals surface area contributed by atoms with Crippen LogP contribution in [-0.2, 0) is 25.4 Å². The lowest BCUT2D eigenvalue weighted by Gasteiger charge is -2.20. The smallest absolute Gasteiger partial charge is 0.489 e. The Morgan fingerprint density at radius 1 is 1.03 bits per heavy atom. The first-order chi connectivity index (χ1) is 14.0. The lowest BCUT2D eigenvalue weighted by Crippen LogP contribution is -2.25. The number of carbonyl (C=O) groups is 1. The van der Waals surface area contributed by atoms with Crippen molar-refractivity contribution in [2.45, 2.75) is 52.0 Å². The van der Waals surface area contributed by atoms with Crippen molar-refractivity contribution >= 4 is 5.97 Å². The Morgan fingerprint density at radius 2 is 1.63 bits per heavy atom. The fourth-order valence-electron chi connectivity index (χ4n) is 2.46. The summed E-state index contributed by atoms with van der Waals surface area (Å²) in [5.74, 6) is -0.548. The lowest BCUT2D eigenvalue weighted by atomic mass is 10.1. The van der Waals surface area contributed by atoms with Crippen molar-refractivity contribution in [1.82, 2.24) is 0 Å². The first-order valence-electron chi connectivity index (χ1n) is 9.90. The standard InChI is InChI=1S/C17H21F3O4.C4H8O2/c1-16(2,3)24-15(21)9-12-6-7-13(22-10-11-4-5-11)14(8-12)23-17(18,19)20;1-2-6-4-3-5-1/h6-8,11H,4-5,9-10H2,1-3H3;1-4H2. The molecule has 3 rings (SSSR count). The van der Waals surface area contributed by atoms with Gasteiger partial charge in [0.05, 0.1) is 39.5 Å². The normalized spacial score (nSPS) is 16.9. The Morgan fingerprint density at radius 3 is 2.10 bits per heavy atom. The Kier molecular flexibility index (Phi) is 8.78. The minimum absolute atomic E-state index is 0.0205. The van der Waals surface area contributed by atoms with Crippen LogP contribution in [0.2, 0.25) is 0 Å². The summed E-state index contributed by atoms with van der Waals surface area (Å²) in [7, 11) is 0. The molecule has 1 saturated carbocycles. The minimum atomic E-state index is -4.83. The van der Waals surface area contributed by atoms with Gasteiger partial charge >= 0.3 is 12.3 Å². The van der Waals surface area contributed by atoms with Crippen LogP contribution in [0, 0.1) is 5.92 Å². The molecule has 0 amide bonds. The second-order valence-electron chi connectivity index (χ2n) is 8.07. The molecule has 0 unspecified atom stereocenters. The van der Waals surface area contributed by atoms with E-state index in [1.54, 1.807) is 20.8 Å². The van der Waals surface area contributed by atoms with Crippen molar-refractivity contribution in [3.05, 3.63) is 23.8 Å². The lowest BCUT2D eigenvalue weighted by molar-refractivity contribution is -0.275. The van der Waals surface area contributed by atoms with Crippen LogP contribution < -0.4 is 9.47 Å². The van der Waals surface area contributed by atoms with Gasteiger partial charge in [0.2, 0.25) is 0 Å². The van der Waals surface area contributed by atoms with E-state index >= 15 is 0 Å². The molecule has 0 N–H and O–H groups in total. The molecule has 1 saturated heterocycles. The summed E-state index contributed by atoms with van der Waals surface area (Å²) in [5.41, 5.74) is -0.294. The number of hydrogen-bond acceptors (Lipinski definition) is 6. The molecule has 0 atom stereocenters. The third-order valence-corrected chi connectivity index (χ3v) is 3.92. The zero-order chi connectivity index (χ0) is 22.2. The number of halogens is 3. The van der Waals surface area contributed by atoms with Crippen LogP contribution in [0.4, 0.5) is 13.2 Å². The van der Waals surface area contributed by atoms with Gasteiger partial charge in [-0.05, 0) is 57.2 Å². The molecule has 1 aliphatic carbocycles. The zero-order valence-corrected chi connectivity index (χ0v) is 17.5. The predicted molar refractivity (Wildman–Crippen MR) is 103 cm³/mol. The monoisotopic (exact) mass is 434 g/mol. The van der Waals surface area contributed by atoms with Gasteiger partial charge in [0.25, 0.3) is 0 Å². The second-order valence-corrected chi connectivity index (χ2v) is 8.07. The van der Waals surface area contributed by atoms with Crippen molar-refractivity contribution in [2.75, 3.05) is 33.0 Å². The van der Waals surface area contributed by atoms with E-state index in [4.69, 9.17) is 18.9 Å². The first-order valence-corrected chi connectivity index (χ1v) is 9.90. The third kappa shape index (κ3) is 10.7. The Bertz CT molecular complexity index is 665. The van der Waals surface area contributed by atoms with Crippen LogP contribution >= 0.6 is 0 Å². The number of carbonyl (C=O) groups excluding carboxylic acids is 1. The highest BCUT2D eigenvalue weighted by molar-refractivity contribution is 5.73. The van der Waals surface area contributed by atoms with E-state index in [1.807, 2.05) is 0 Å². The Balaban J connectivity index is 0.000000456. The van der Waals surface area contributed by atoms with Crippen LogP contribution in [0.3, 0.4) is 0 Å². The van der Waals surface area contributed by atoms with Crippen LogP contribution in [0.5, 0.6) is 11.5 Å². The molecule has 170 valence electrons. The number of alkyl halides is 3. The molecule has 1 heterocycles. The maximum Gasteiger partial charge on any atom is 0.573 e. The molecule has 0 bridgehead atoms. The summed E-state index contributed by atoms with van der Waals surface area (Å²) in [4.78, 5) is 11.8. The van der Waals surface area contributed by atoms with E-state index in [1.165, 1.54) is 18.2 Å². The Hall–Kier alpha value is -2.00. The summed E-state index contributed by atoms with van der Waals surface area (Å²) in [6, 6.07) is 4.10. The van der Waals surface area contributed by atoms with Crippen LogP contribution in [0.1, 0.15) is 39.2 Å². The van der Waals surface area contributed by atoms with Crippen LogP contribution in [-0.4, -0.2) is 51.0 Å². The average molecular weight is 434 g/mol. The van der Waals surface area contributed by atoms with E-state index in [0.29, 0.717) is 18.1 Å².